The second-order valence-electron chi connectivity index (χ2n) is 6.66. The van der Waals surface area contributed by atoms with Gasteiger partial charge in [0.1, 0.15) is 11.4 Å². The summed E-state index contributed by atoms with van der Waals surface area (Å²) >= 11 is 0. The summed E-state index contributed by atoms with van der Waals surface area (Å²) in [5.74, 6) is 0.938. The lowest BCUT2D eigenvalue weighted by atomic mass is 9.88. The quantitative estimate of drug-likeness (QED) is 0.850. The van der Waals surface area contributed by atoms with E-state index in [4.69, 9.17) is 4.74 Å². The molecule has 1 aliphatic heterocycles. The average molecular weight is 325 g/mol. The second-order valence-corrected chi connectivity index (χ2v) is 8.87. The maximum Gasteiger partial charge on any atom is 0.214 e. The summed E-state index contributed by atoms with van der Waals surface area (Å²) in [4.78, 5) is 0. The Balaban J connectivity index is 2.59. The monoisotopic (exact) mass is 325 g/mol. The van der Waals surface area contributed by atoms with E-state index in [2.05, 4.69) is 19.9 Å². The van der Waals surface area contributed by atoms with Crippen molar-refractivity contribution in [3.63, 3.8) is 0 Å². The minimum absolute atomic E-state index is 0.124. The van der Waals surface area contributed by atoms with Gasteiger partial charge in [-0.2, -0.15) is 4.31 Å². The summed E-state index contributed by atoms with van der Waals surface area (Å²) in [6.45, 7) is 12.2. The molecule has 1 aromatic rings. The number of sulfonamides is 1. The van der Waals surface area contributed by atoms with Gasteiger partial charge in [0, 0.05) is 18.5 Å². The van der Waals surface area contributed by atoms with Crippen LogP contribution in [0.1, 0.15) is 56.8 Å². The van der Waals surface area contributed by atoms with Crippen LogP contribution >= 0.6 is 0 Å². The van der Waals surface area contributed by atoms with Gasteiger partial charge in [-0.1, -0.05) is 13.0 Å². The SMILES string of the molecule is CCN(C1CC(C)(C)Oc2cc(C)c(C)cc21)S(=O)(=O)CC. The van der Waals surface area contributed by atoms with Crippen LogP contribution in [0.2, 0.25) is 0 Å². The molecule has 2 rings (SSSR count). The fraction of sp³-hybridized carbons (Fsp3) is 0.647. The van der Waals surface area contributed by atoms with E-state index in [-0.39, 0.29) is 17.4 Å². The third-order valence-corrected chi connectivity index (χ3v) is 6.39. The standard InChI is InChI=1S/C17H27NO3S/c1-7-18(22(19,20)8-2)15-11-17(5,6)21-16-10-13(4)12(3)9-14(15)16/h9-10,15H,7-8,11H2,1-6H3. The molecule has 0 aromatic heterocycles. The maximum atomic E-state index is 12.5. The third-order valence-electron chi connectivity index (χ3n) is 4.44. The van der Waals surface area contributed by atoms with Gasteiger partial charge in [0.15, 0.2) is 0 Å². The van der Waals surface area contributed by atoms with Gasteiger partial charge in [0.2, 0.25) is 10.0 Å². The molecule has 0 radical (unpaired) electrons. The lowest BCUT2D eigenvalue weighted by molar-refractivity contribution is 0.0510. The number of hydrogen-bond acceptors (Lipinski definition) is 3. The summed E-state index contributed by atoms with van der Waals surface area (Å²) < 4.78 is 32.7. The first-order chi connectivity index (χ1) is 10.1. The van der Waals surface area contributed by atoms with E-state index in [9.17, 15) is 8.42 Å². The molecule has 4 nitrogen and oxygen atoms in total. The molecule has 124 valence electrons. The van der Waals surface area contributed by atoms with Crippen LogP contribution in [0.3, 0.4) is 0 Å². The fourth-order valence-corrected chi connectivity index (χ4v) is 4.41. The van der Waals surface area contributed by atoms with E-state index in [0.717, 1.165) is 22.4 Å². The van der Waals surface area contributed by atoms with Crippen LogP contribution in [0.5, 0.6) is 5.75 Å². The van der Waals surface area contributed by atoms with Crippen molar-refractivity contribution in [1.82, 2.24) is 4.31 Å². The predicted octanol–water partition coefficient (Wildman–Crippen LogP) is 3.58. The number of hydrogen-bond donors (Lipinski definition) is 0. The smallest absolute Gasteiger partial charge is 0.214 e. The number of aryl methyl sites for hydroxylation is 2. The van der Waals surface area contributed by atoms with E-state index < -0.39 is 10.0 Å². The number of benzene rings is 1. The summed E-state index contributed by atoms with van der Waals surface area (Å²) in [7, 11) is -3.25. The van der Waals surface area contributed by atoms with Gasteiger partial charge in [0.05, 0.1) is 11.8 Å². The minimum Gasteiger partial charge on any atom is -0.487 e. The summed E-state index contributed by atoms with van der Waals surface area (Å²) in [6.07, 6.45) is 0.662. The lowest BCUT2D eigenvalue weighted by Gasteiger charge is -2.42. The van der Waals surface area contributed by atoms with Crippen molar-refractivity contribution in [2.24, 2.45) is 0 Å². The average Bonchev–Trinajstić information content (AvgIpc) is 2.40. The van der Waals surface area contributed by atoms with Crippen molar-refractivity contribution in [3.05, 3.63) is 28.8 Å². The largest absolute Gasteiger partial charge is 0.487 e. The molecule has 0 N–H and O–H groups in total. The Labute approximate surface area is 134 Å². The zero-order valence-electron chi connectivity index (χ0n) is 14.4. The lowest BCUT2D eigenvalue weighted by Crippen LogP contribution is -2.44. The Bertz CT molecular complexity index is 665. The van der Waals surface area contributed by atoms with Crippen molar-refractivity contribution in [1.29, 1.82) is 0 Å². The van der Waals surface area contributed by atoms with E-state index in [1.165, 1.54) is 0 Å². The number of nitrogens with zero attached hydrogens (tertiary/aromatic N) is 1. The third kappa shape index (κ3) is 3.15. The first-order valence-electron chi connectivity index (χ1n) is 7.91. The van der Waals surface area contributed by atoms with Gasteiger partial charge < -0.3 is 4.74 Å². The fourth-order valence-electron chi connectivity index (χ4n) is 3.11. The Hall–Kier alpha value is -1.07. The molecule has 5 heteroatoms. The predicted molar refractivity (Wildman–Crippen MR) is 89.8 cm³/mol. The molecular weight excluding hydrogens is 298 g/mol. The molecule has 0 bridgehead atoms. The van der Waals surface area contributed by atoms with Crippen LogP contribution < -0.4 is 4.74 Å². The van der Waals surface area contributed by atoms with E-state index >= 15 is 0 Å². The topological polar surface area (TPSA) is 46.6 Å². The van der Waals surface area contributed by atoms with Gasteiger partial charge in [-0.15, -0.1) is 0 Å². The number of ether oxygens (including phenoxy) is 1. The first-order valence-corrected chi connectivity index (χ1v) is 9.52. The second kappa shape index (κ2) is 5.85. The Morgan fingerprint density at radius 2 is 1.82 bits per heavy atom. The number of rotatable bonds is 4. The summed E-state index contributed by atoms with van der Waals surface area (Å²) in [5.41, 5.74) is 2.94. The Kier molecular flexibility index (Phi) is 4.60. The molecular formula is C17H27NO3S. The van der Waals surface area contributed by atoms with Crippen LogP contribution in [0.25, 0.3) is 0 Å². The molecule has 0 amide bonds. The molecule has 0 aliphatic carbocycles. The highest BCUT2D eigenvalue weighted by Gasteiger charge is 2.40. The van der Waals surface area contributed by atoms with Gasteiger partial charge in [-0.3, -0.25) is 0 Å². The summed E-state index contributed by atoms with van der Waals surface area (Å²) in [6, 6.07) is 3.96. The van der Waals surface area contributed by atoms with Crippen LogP contribution in [-0.2, 0) is 10.0 Å². The van der Waals surface area contributed by atoms with Crippen LogP contribution in [-0.4, -0.2) is 30.6 Å². The zero-order chi connectivity index (χ0) is 16.7. The molecule has 1 heterocycles. The van der Waals surface area contributed by atoms with Crippen molar-refractivity contribution in [2.75, 3.05) is 12.3 Å². The molecule has 0 saturated carbocycles. The highest BCUT2D eigenvalue weighted by Crippen LogP contribution is 2.44. The molecule has 1 aliphatic rings. The first kappa shape index (κ1) is 17.3. The van der Waals surface area contributed by atoms with E-state index in [0.29, 0.717) is 13.0 Å². The van der Waals surface area contributed by atoms with Gasteiger partial charge in [-0.05, 0) is 51.8 Å². The molecule has 1 atom stereocenters. The molecule has 1 unspecified atom stereocenters. The van der Waals surface area contributed by atoms with Crippen LogP contribution in [0.15, 0.2) is 12.1 Å². The van der Waals surface area contributed by atoms with Gasteiger partial charge in [0.25, 0.3) is 0 Å². The number of fused-ring (bicyclic) bond motifs is 1. The Morgan fingerprint density at radius 1 is 1.23 bits per heavy atom. The van der Waals surface area contributed by atoms with Crippen LogP contribution in [0.4, 0.5) is 0 Å². The highest BCUT2D eigenvalue weighted by molar-refractivity contribution is 7.89. The van der Waals surface area contributed by atoms with Crippen molar-refractivity contribution in [2.45, 2.75) is 59.6 Å². The molecule has 0 saturated heterocycles. The van der Waals surface area contributed by atoms with E-state index in [1.54, 1.807) is 11.2 Å². The maximum absolute atomic E-state index is 12.5. The van der Waals surface area contributed by atoms with Crippen molar-refractivity contribution < 1.29 is 13.2 Å². The normalized spacial score (nSPS) is 20.6. The van der Waals surface area contributed by atoms with E-state index in [1.807, 2.05) is 26.8 Å². The minimum atomic E-state index is -3.25. The Morgan fingerprint density at radius 3 is 2.36 bits per heavy atom. The molecule has 1 aromatic carbocycles. The highest BCUT2D eigenvalue weighted by atomic mass is 32.2. The molecule has 22 heavy (non-hydrogen) atoms. The van der Waals surface area contributed by atoms with Crippen molar-refractivity contribution in [3.8, 4) is 5.75 Å². The molecule has 0 fully saturated rings. The van der Waals surface area contributed by atoms with Gasteiger partial charge >= 0.3 is 0 Å². The van der Waals surface area contributed by atoms with Crippen LogP contribution in [0, 0.1) is 13.8 Å². The van der Waals surface area contributed by atoms with Crippen molar-refractivity contribution >= 4 is 10.0 Å². The summed E-state index contributed by atoms with van der Waals surface area (Å²) in [5, 5.41) is 0. The molecule has 0 spiro atoms. The van der Waals surface area contributed by atoms with Gasteiger partial charge in [-0.25, -0.2) is 8.42 Å². The zero-order valence-corrected chi connectivity index (χ0v) is 15.3.